The zero-order valence-corrected chi connectivity index (χ0v) is 15.3. The predicted molar refractivity (Wildman–Crippen MR) is 94.9 cm³/mol. The molecule has 1 N–H and O–H groups in total. The van der Waals surface area contributed by atoms with Crippen LogP contribution in [0.15, 0.2) is 4.99 Å². The Bertz CT molecular complexity index is 295. The van der Waals surface area contributed by atoms with E-state index in [1.54, 1.807) is 0 Å². The van der Waals surface area contributed by atoms with Crippen molar-refractivity contribution in [2.24, 2.45) is 16.8 Å². The summed E-state index contributed by atoms with van der Waals surface area (Å²) in [5, 5.41) is 3.51. The van der Waals surface area contributed by atoms with Crippen LogP contribution in [0.1, 0.15) is 39.0 Å². The number of hydrogen-bond donors (Lipinski definition) is 1. The number of halogens is 1. The van der Waals surface area contributed by atoms with Crippen molar-refractivity contribution in [2.45, 2.75) is 39.0 Å². The SMILES string of the molecule is CCOCC1CCN(C(=NC)NCCCC2CC2)C1.I. The monoisotopic (exact) mass is 395 g/mol. The summed E-state index contributed by atoms with van der Waals surface area (Å²) in [7, 11) is 1.89. The second-order valence-corrected chi connectivity index (χ2v) is 5.82. The summed E-state index contributed by atoms with van der Waals surface area (Å²) in [5.74, 6) is 2.78. The molecule has 1 aliphatic heterocycles. The molecule has 0 aromatic heterocycles. The van der Waals surface area contributed by atoms with Crippen LogP contribution in [0.25, 0.3) is 0 Å². The van der Waals surface area contributed by atoms with Crippen molar-refractivity contribution >= 4 is 29.9 Å². The molecule has 0 amide bonds. The Balaban J connectivity index is 0.00000200. The van der Waals surface area contributed by atoms with E-state index in [9.17, 15) is 0 Å². The smallest absolute Gasteiger partial charge is 0.193 e. The molecule has 5 heteroatoms. The van der Waals surface area contributed by atoms with Crippen LogP contribution >= 0.6 is 24.0 Å². The number of aliphatic imine (C=N–C) groups is 1. The second kappa shape index (κ2) is 9.82. The van der Waals surface area contributed by atoms with Gasteiger partial charge in [-0.3, -0.25) is 4.99 Å². The van der Waals surface area contributed by atoms with Gasteiger partial charge in [-0.15, -0.1) is 24.0 Å². The number of nitrogens with one attached hydrogen (secondary N) is 1. The molecule has 2 rings (SSSR count). The maximum absolute atomic E-state index is 5.52. The lowest BCUT2D eigenvalue weighted by Crippen LogP contribution is -2.40. The number of likely N-dealkylation sites (tertiary alicyclic amines) is 1. The fraction of sp³-hybridized carbons (Fsp3) is 0.933. The Kier molecular flexibility index (Phi) is 8.84. The van der Waals surface area contributed by atoms with Gasteiger partial charge in [0.15, 0.2) is 5.96 Å². The Hall–Kier alpha value is -0.0400. The van der Waals surface area contributed by atoms with E-state index in [1.807, 2.05) is 7.05 Å². The van der Waals surface area contributed by atoms with Crippen LogP contribution in [-0.2, 0) is 4.74 Å². The fourth-order valence-electron chi connectivity index (χ4n) is 2.78. The summed E-state index contributed by atoms with van der Waals surface area (Å²) in [6.45, 7) is 7.04. The fourth-order valence-corrected chi connectivity index (χ4v) is 2.78. The topological polar surface area (TPSA) is 36.9 Å². The summed E-state index contributed by atoms with van der Waals surface area (Å²) in [6.07, 6.45) is 6.81. The van der Waals surface area contributed by atoms with Gasteiger partial charge in [0.05, 0.1) is 6.61 Å². The minimum absolute atomic E-state index is 0. The zero-order valence-electron chi connectivity index (χ0n) is 12.9. The highest BCUT2D eigenvalue weighted by Crippen LogP contribution is 2.33. The maximum Gasteiger partial charge on any atom is 0.193 e. The van der Waals surface area contributed by atoms with Gasteiger partial charge in [-0.1, -0.05) is 12.8 Å². The number of rotatable bonds is 7. The van der Waals surface area contributed by atoms with Crippen molar-refractivity contribution in [1.82, 2.24) is 10.2 Å². The summed E-state index contributed by atoms with van der Waals surface area (Å²) < 4.78 is 5.52. The summed E-state index contributed by atoms with van der Waals surface area (Å²) >= 11 is 0. The molecule has 0 spiro atoms. The number of ether oxygens (including phenoxy) is 1. The van der Waals surface area contributed by atoms with Gasteiger partial charge in [-0.25, -0.2) is 0 Å². The number of guanidine groups is 1. The first-order chi connectivity index (χ1) is 9.33. The Morgan fingerprint density at radius 1 is 1.30 bits per heavy atom. The second-order valence-electron chi connectivity index (χ2n) is 5.82. The van der Waals surface area contributed by atoms with Gasteiger partial charge < -0.3 is 15.0 Å². The molecule has 0 aromatic carbocycles. The molecule has 2 aliphatic rings. The van der Waals surface area contributed by atoms with Gasteiger partial charge in [0.1, 0.15) is 0 Å². The zero-order chi connectivity index (χ0) is 13.5. The third kappa shape index (κ3) is 6.16. The quantitative estimate of drug-likeness (QED) is 0.312. The largest absolute Gasteiger partial charge is 0.381 e. The van der Waals surface area contributed by atoms with Crippen LogP contribution in [-0.4, -0.2) is 50.8 Å². The molecule has 2 fully saturated rings. The highest BCUT2D eigenvalue weighted by molar-refractivity contribution is 14.0. The molecule has 1 atom stereocenters. The molecule has 0 aromatic rings. The van der Waals surface area contributed by atoms with Crippen molar-refractivity contribution in [2.75, 3.05) is 39.9 Å². The normalized spacial score (nSPS) is 22.8. The van der Waals surface area contributed by atoms with Crippen LogP contribution < -0.4 is 5.32 Å². The van der Waals surface area contributed by atoms with Gasteiger partial charge >= 0.3 is 0 Å². The lowest BCUT2D eigenvalue weighted by molar-refractivity contribution is 0.114. The minimum Gasteiger partial charge on any atom is -0.381 e. The van der Waals surface area contributed by atoms with Crippen LogP contribution in [0.5, 0.6) is 0 Å². The average Bonchev–Trinajstić information content (AvgIpc) is 3.14. The average molecular weight is 395 g/mol. The molecular formula is C15H30IN3O. The molecule has 20 heavy (non-hydrogen) atoms. The van der Waals surface area contributed by atoms with E-state index in [4.69, 9.17) is 4.74 Å². The van der Waals surface area contributed by atoms with Crippen molar-refractivity contribution in [3.63, 3.8) is 0 Å². The standard InChI is InChI=1S/C15H29N3O.HI/c1-3-19-12-14-8-10-18(11-14)15(16-2)17-9-4-5-13-6-7-13;/h13-14H,3-12H2,1-2H3,(H,16,17);1H. The molecule has 1 heterocycles. The van der Waals surface area contributed by atoms with E-state index < -0.39 is 0 Å². The van der Waals surface area contributed by atoms with Crippen molar-refractivity contribution in [3.8, 4) is 0 Å². The molecular weight excluding hydrogens is 365 g/mol. The van der Waals surface area contributed by atoms with Crippen molar-refractivity contribution in [3.05, 3.63) is 0 Å². The van der Waals surface area contributed by atoms with E-state index in [0.29, 0.717) is 5.92 Å². The lowest BCUT2D eigenvalue weighted by atomic mass is 10.1. The summed E-state index contributed by atoms with van der Waals surface area (Å²) in [6, 6.07) is 0. The van der Waals surface area contributed by atoms with Crippen LogP contribution in [0.2, 0.25) is 0 Å². The Labute approximate surface area is 140 Å². The Morgan fingerprint density at radius 3 is 2.75 bits per heavy atom. The minimum atomic E-state index is 0. The van der Waals surface area contributed by atoms with E-state index >= 15 is 0 Å². The van der Waals surface area contributed by atoms with Crippen LogP contribution in [0.4, 0.5) is 0 Å². The van der Waals surface area contributed by atoms with Gasteiger partial charge in [0, 0.05) is 39.2 Å². The molecule has 118 valence electrons. The number of nitrogens with zero attached hydrogens (tertiary/aromatic N) is 2. The molecule has 4 nitrogen and oxygen atoms in total. The molecule has 1 aliphatic carbocycles. The van der Waals surface area contributed by atoms with Crippen molar-refractivity contribution < 1.29 is 4.74 Å². The third-order valence-corrected chi connectivity index (χ3v) is 4.12. The van der Waals surface area contributed by atoms with Crippen molar-refractivity contribution in [1.29, 1.82) is 0 Å². The highest BCUT2D eigenvalue weighted by Gasteiger charge is 2.25. The summed E-state index contributed by atoms with van der Waals surface area (Å²) in [4.78, 5) is 6.78. The van der Waals surface area contributed by atoms with Crippen LogP contribution in [0, 0.1) is 11.8 Å². The maximum atomic E-state index is 5.52. The van der Waals surface area contributed by atoms with E-state index in [-0.39, 0.29) is 24.0 Å². The van der Waals surface area contributed by atoms with Gasteiger partial charge in [-0.05, 0) is 32.1 Å². The van der Waals surface area contributed by atoms with Gasteiger partial charge in [0.25, 0.3) is 0 Å². The van der Waals surface area contributed by atoms with E-state index in [1.165, 1.54) is 32.1 Å². The first-order valence-corrected chi connectivity index (χ1v) is 7.86. The molecule has 1 unspecified atom stereocenters. The molecule has 1 saturated carbocycles. The predicted octanol–water partition coefficient (Wildman–Crippen LogP) is 2.73. The lowest BCUT2D eigenvalue weighted by Gasteiger charge is -2.21. The summed E-state index contributed by atoms with van der Waals surface area (Å²) in [5.41, 5.74) is 0. The molecule has 0 bridgehead atoms. The van der Waals surface area contributed by atoms with E-state index in [0.717, 1.165) is 44.7 Å². The van der Waals surface area contributed by atoms with Gasteiger partial charge in [0.2, 0.25) is 0 Å². The molecule has 1 saturated heterocycles. The first-order valence-electron chi connectivity index (χ1n) is 7.86. The first kappa shape index (κ1) is 18.0. The van der Waals surface area contributed by atoms with Crippen LogP contribution in [0.3, 0.4) is 0 Å². The van der Waals surface area contributed by atoms with E-state index in [2.05, 4.69) is 22.1 Å². The number of hydrogen-bond acceptors (Lipinski definition) is 2. The molecule has 0 radical (unpaired) electrons. The Morgan fingerprint density at radius 2 is 2.10 bits per heavy atom. The van der Waals surface area contributed by atoms with Gasteiger partial charge in [-0.2, -0.15) is 0 Å². The highest BCUT2D eigenvalue weighted by atomic mass is 127. The third-order valence-electron chi connectivity index (χ3n) is 4.12.